The number of likely N-dealkylation sites (N-methyl/N-ethyl adjacent to an activating group) is 1. The smallest absolute Gasteiger partial charge is 0.411 e. The predicted molar refractivity (Wildman–Crippen MR) is 455 cm³/mol. The van der Waals surface area contributed by atoms with Crippen molar-refractivity contribution in [2.45, 2.75) is 106 Å². The van der Waals surface area contributed by atoms with Crippen molar-refractivity contribution in [3.05, 3.63) is 217 Å². The van der Waals surface area contributed by atoms with E-state index in [1.165, 1.54) is 18.7 Å². The molecule has 4 aromatic heterocycles. The van der Waals surface area contributed by atoms with E-state index in [4.69, 9.17) is 33.2 Å². The second kappa shape index (κ2) is 38.9. The maximum atomic E-state index is 12.6. The molecule has 594 valence electrons. The van der Waals surface area contributed by atoms with Crippen molar-refractivity contribution in [3.8, 4) is 81.0 Å². The molecule has 0 radical (unpaired) electrons. The number of carbonyl (C=O) groups excluding carboxylic acids is 2. The Morgan fingerprint density at radius 1 is 0.600 bits per heavy atom. The quantitative estimate of drug-likeness (QED) is 0.0246. The van der Waals surface area contributed by atoms with Crippen LogP contribution in [0.3, 0.4) is 0 Å². The molecule has 27 heteroatoms. The number of nitro groups is 1. The summed E-state index contributed by atoms with van der Waals surface area (Å²) >= 11 is 2.08. The van der Waals surface area contributed by atoms with E-state index >= 15 is 0 Å². The molecular weight excluding hydrogens is 1590 g/mol. The van der Waals surface area contributed by atoms with E-state index in [2.05, 4.69) is 108 Å². The van der Waals surface area contributed by atoms with Crippen molar-refractivity contribution >= 4 is 105 Å². The summed E-state index contributed by atoms with van der Waals surface area (Å²) < 4.78 is 72.4. The van der Waals surface area contributed by atoms with Gasteiger partial charge in [-0.1, -0.05) is 80.6 Å². The molecule has 1 aliphatic rings. The van der Waals surface area contributed by atoms with Crippen LogP contribution >= 0.6 is 22.6 Å². The Hall–Kier alpha value is -12.4. The van der Waals surface area contributed by atoms with Crippen LogP contribution in [0.5, 0.6) is 23.0 Å². The summed E-state index contributed by atoms with van der Waals surface area (Å²) in [6, 6.07) is 59.9. The first kappa shape index (κ1) is 85.1. The van der Waals surface area contributed by atoms with Gasteiger partial charge in [0.1, 0.15) is 60.8 Å². The number of anilines is 2. The third-order valence-corrected chi connectivity index (χ3v) is 21.2. The van der Waals surface area contributed by atoms with Crippen LogP contribution in [0, 0.1) is 59.1 Å². The van der Waals surface area contributed by atoms with Gasteiger partial charge in [-0.25, -0.2) is 13.2 Å². The van der Waals surface area contributed by atoms with Crippen molar-refractivity contribution in [2.24, 2.45) is 0 Å². The fourth-order valence-corrected chi connectivity index (χ4v) is 15.5. The number of amides is 1. The molecule has 1 amide bonds. The number of carbonyl (C=O) groups is 2. The van der Waals surface area contributed by atoms with E-state index in [1.807, 2.05) is 167 Å². The molecule has 1 aliphatic heterocycles. The second-order valence-corrected chi connectivity index (χ2v) is 30.2. The number of aryl methyl sites for hydroxylation is 4. The lowest BCUT2D eigenvalue weighted by atomic mass is 10.0. The summed E-state index contributed by atoms with van der Waals surface area (Å²) in [6.07, 6.45) is 2.09. The summed E-state index contributed by atoms with van der Waals surface area (Å²) in [6.45, 7) is 18.0. The number of hydrogen-bond acceptors (Lipinski definition) is 18. The Labute approximate surface area is 682 Å². The lowest BCUT2D eigenvalue weighted by Gasteiger charge is -2.22. The Kier molecular flexibility index (Phi) is 28.8. The first-order valence-electron chi connectivity index (χ1n) is 37.4. The number of nitrogens with zero attached hydrogens (tertiary/aromatic N) is 10. The highest BCUT2D eigenvalue weighted by molar-refractivity contribution is 14.1. The number of rotatable bonds is 24. The zero-order valence-corrected chi connectivity index (χ0v) is 69.3. The number of nitrogens with one attached hydrogen (secondary N) is 2. The monoisotopic (exact) mass is 1680 g/mol. The summed E-state index contributed by atoms with van der Waals surface area (Å²) in [5, 5.41) is 56.0. The van der Waals surface area contributed by atoms with Gasteiger partial charge in [0.2, 0.25) is 10.0 Å². The number of nitriles is 4. The molecule has 8 aromatic carbocycles. The Morgan fingerprint density at radius 3 is 1.59 bits per heavy atom. The molecule has 5 heterocycles. The number of hydrogen-bond donors (Lipinski definition) is 2. The van der Waals surface area contributed by atoms with Gasteiger partial charge in [-0.05, 0) is 165 Å². The minimum atomic E-state index is -3.34. The number of sulfonamides is 1. The minimum Gasteiger partial charge on any atom is -0.497 e. The molecule has 1 fully saturated rings. The van der Waals surface area contributed by atoms with Crippen molar-refractivity contribution in [2.75, 3.05) is 78.1 Å². The molecule has 0 bridgehead atoms. The molecule has 0 atom stereocenters. The number of ether oxygens (including phenoxy) is 7. The standard InChI is InChI=1S/C30H30N2O3.C24H25N3O4.C22H26N4O3S.C12H10IN3O3/c1-5-32-28-17-25(34-4)13-14-26(28)27(18-31)30(32)24-8-6-7-22(15-24)16-29(33)35-19-21-9-11-23(12-10-21)20(2)3;1-3-27-22-14-19(29-2)7-8-20(22)21(15-25)23(27)16-5-4-6-17(13-16)26-24(28)31-18-9-11-30-12-10-18;1-5-26-21-14-18(29-13-12-25(2)3)10-11-19(21)20(15-23)22(26)16-6-8-17(9-7-16)24-30(4,27)28;1-3-15-9-5-11(19-2)10(16(17)18)4-7(9)8(6-14)12(15)13/h6-15,17,20H,5,16,19H2,1-4H3;4-8,13-14,18H,3,9-12H2,1-2H3,(H,26,28);6-11,14,24H,5,12-13H2,1-4H3;4-5H,3H2,1-2H3. The third-order valence-electron chi connectivity index (χ3n) is 19.5. The normalized spacial score (nSPS) is 11.9. The van der Waals surface area contributed by atoms with E-state index in [1.54, 1.807) is 32.4 Å². The van der Waals surface area contributed by atoms with Gasteiger partial charge in [0.15, 0.2) is 5.75 Å². The Morgan fingerprint density at radius 2 is 1.10 bits per heavy atom. The molecule has 0 spiro atoms. The average molecular weight is 1680 g/mol. The highest BCUT2D eigenvalue weighted by Gasteiger charge is 2.26. The van der Waals surface area contributed by atoms with Crippen LogP contribution in [0.1, 0.15) is 99.2 Å². The number of halogens is 1. The van der Waals surface area contributed by atoms with Crippen LogP contribution in [0.15, 0.2) is 164 Å². The maximum absolute atomic E-state index is 12.6. The highest BCUT2D eigenvalue weighted by atomic mass is 127. The Bertz CT molecular complexity index is 5850. The molecule has 13 rings (SSSR count). The number of fused-ring (bicyclic) bond motifs is 4. The summed E-state index contributed by atoms with van der Waals surface area (Å²) in [4.78, 5) is 37.5. The maximum Gasteiger partial charge on any atom is 0.411 e. The molecular formula is C88H91IN12O13S. The van der Waals surface area contributed by atoms with Crippen LogP contribution in [0.2, 0.25) is 0 Å². The topological polar surface area (TPSA) is 318 Å². The SMILES string of the molecule is CCn1c(-c2ccc(NS(C)(=O)=O)cc2)c(C#N)c2ccc(OCCN(C)C)cc21.CCn1c(-c2cccc(CC(=O)OCc3ccc(C(C)C)cc3)c2)c(C#N)c2ccc(OC)cc21.CCn1c(-c2cccc(NC(=O)OC3CCOCC3)c2)c(C#N)c2ccc(OC)cc21.CCn1c(I)c(C#N)c2cc([N+](=O)[O-])c(OC)cc21. The predicted octanol–water partition coefficient (Wildman–Crippen LogP) is 18.1. The number of benzene rings is 8. The Balaban J connectivity index is 0.000000165. The zero-order valence-electron chi connectivity index (χ0n) is 66.3. The second-order valence-electron chi connectivity index (χ2n) is 27.5. The van der Waals surface area contributed by atoms with Crippen LogP contribution < -0.4 is 29.0 Å². The van der Waals surface area contributed by atoms with Gasteiger partial charge in [-0.2, -0.15) is 21.0 Å². The summed E-state index contributed by atoms with van der Waals surface area (Å²) in [7, 11) is 5.30. The van der Waals surface area contributed by atoms with E-state index in [0.29, 0.717) is 104 Å². The molecule has 2 N–H and O–H groups in total. The first-order chi connectivity index (χ1) is 55.4. The number of esters is 1. The van der Waals surface area contributed by atoms with Gasteiger partial charge in [-0.3, -0.25) is 24.9 Å². The summed E-state index contributed by atoms with van der Waals surface area (Å²) in [5.41, 5.74) is 15.0. The molecule has 1 saturated heterocycles. The first-order valence-corrected chi connectivity index (χ1v) is 40.4. The average Bonchev–Trinajstić information content (AvgIpc) is 1.63. The van der Waals surface area contributed by atoms with E-state index in [9.17, 15) is 49.2 Å². The fourth-order valence-electron chi connectivity index (χ4n) is 13.9. The molecule has 25 nitrogen and oxygen atoms in total. The van der Waals surface area contributed by atoms with Gasteiger partial charge in [0.25, 0.3) is 0 Å². The van der Waals surface area contributed by atoms with Gasteiger partial charge in [0.05, 0.1) is 117 Å². The van der Waals surface area contributed by atoms with Gasteiger partial charge in [-0.15, -0.1) is 0 Å². The number of aromatic nitrogens is 4. The largest absolute Gasteiger partial charge is 0.497 e. The van der Waals surface area contributed by atoms with Crippen molar-refractivity contribution < 1.29 is 56.1 Å². The third kappa shape index (κ3) is 20.0. The molecule has 0 unspecified atom stereocenters. The number of nitro benzene ring substituents is 1. The van der Waals surface area contributed by atoms with Crippen molar-refractivity contribution in [1.29, 1.82) is 21.0 Å². The molecule has 0 saturated carbocycles. The van der Waals surface area contributed by atoms with Crippen molar-refractivity contribution in [1.82, 2.24) is 23.2 Å². The number of methoxy groups -OCH3 is 3. The van der Waals surface area contributed by atoms with Crippen LogP contribution in [0.25, 0.3) is 77.4 Å². The molecule has 115 heavy (non-hydrogen) atoms. The lowest BCUT2D eigenvalue weighted by molar-refractivity contribution is -0.385. The van der Waals surface area contributed by atoms with Gasteiger partial charge in [0, 0.05) is 114 Å². The fraction of sp³-hybridized carbons (Fsp3) is 0.295. The minimum absolute atomic E-state index is 0.125. The van der Waals surface area contributed by atoms with Gasteiger partial charge >= 0.3 is 17.7 Å². The zero-order chi connectivity index (χ0) is 82.8. The van der Waals surface area contributed by atoms with Crippen LogP contribution in [-0.4, -0.2) is 123 Å². The van der Waals surface area contributed by atoms with E-state index in [0.717, 1.165) is 117 Å². The van der Waals surface area contributed by atoms with Gasteiger partial charge < -0.3 is 56.3 Å². The van der Waals surface area contributed by atoms with Crippen LogP contribution in [-0.2, 0) is 68.2 Å². The summed E-state index contributed by atoms with van der Waals surface area (Å²) in [5.74, 6) is 2.63. The van der Waals surface area contributed by atoms with Crippen molar-refractivity contribution in [3.63, 3.8) is 0 Å². The van der Waals surface area contributed by atoms with E-state index < -0.39 is 21.0 Å². The molecule has 12 aromatic rings. The van der Waals surface area contributed by atoms with E-state index in [-0.39, 0.29) is 36.5 Å². The van der Waals surface area contributed by atoms with Crippen LogP contribution in [0.4, 0.5) is 21.9 Å². The highest BCUT2D eigenvalue weighted by Crippen LogP contribution is 2.41. The lowest BCUT2D eigenvalue weighted by Crippen LogP contribution is -2.28. The molecule has 0 aliphatic carbocycles.